The molecule has 148 valence electrons. The monoisotopic (exact) mass is 377 g/mol. The van der Waals surface area contributed by atoms with E-state index in [1.807, 2.05) is 32.0 Å². The van der Waals surface area contributed by atoms with E-state index < -0.39 is 0 Å². The van der Waals surface area contributed by atoms with Crippen molar-refractivity contribution in [3.8, 4) is 11.5 Å². The van der Waals surface area contributed by atoms with Crippen molar-refractivity contribution < 1.29 is 23.8 Å². The summed E-state index contributed by atoms with van der Waals surface area (Å²) < 4.78 is 16.5. The topological polar surface area (TPSA) is 89.1 Å². The first-order valence-corrected chi connectivity index (χ1v) is 9.39. The number of ether oxygens (including phenoxy) is 3. The molecule has 0 spiro atoms. The van der Waals surface area contributed by atoms with Gasteiger partial charge in [0.25, 0.3) is 0 Å². The van der Waals surface area contributed by atoms with E-state index >= 15 is 0 Å². The van der Waals surface area contributed by atoms with Crippen LogP contribution in [0.25, 0.3) is 0 Å². The van der Waals surface area contributed by atoms with Crippen LogP contribution in [-0.2, 0) is 9.53 Å². The number of carbonyl (C=O) groups is 2. The first-order valence-electron chi connectivity index (χ1n) is 9.39. The molecule has 1 aromatic carbocycles. The third-order valence-corrected chi connectivity index (χ3v) is 4.36. The molecule has 8 heteroatoms. The van der Waals surface area contributed by atoms with Gasteiger partial charge in [-0.1, -0.05) is 0 Å². The number of fused-ring (bicyclic) bond motifs is 1. The van der Waals surface area contributed by atoms with Crippen LogP contribution >= 0.6 is 0 Å². The van der Waals surface area contributed by atoms with E-state index in [2.05, 4.69) is 10.6 Å². The van der Waals surface area contributed by atoms with Gasteiger partial charge in [0.05, 0.1) is 12.1 Å². The SMILES string of the molecule is CC(C)OCCCNC(=O)N[C@@H]1CC(=O)N(c2ccc3c(c2)OCCO3)C1. The summed E-state index contributed by atoms with van der Waals surface area (Å²) in [5.41, 5.74) is 0.750. The zero-order valence-electron chi connectivity index (χ0n) is 15.8. The molecule has 2 N–H and O–H groups in total. The minimum Gasteiger partial charge on any atom is -0.486 e. The third-order valence-electron chi connectivity index (χ3n) is 4.36. The van der Waals surface area contributed by atoms with Crippen LogP contribution in [-0.4, -0.2) is 57.0 Å². The van der Waals surface area contributed by atoms with Gasteiger partial charge in [0, 0.05) is 37.9 Å². The van der Waals surface area contributed by atoms with Gasteiger partial charge in [-0.3, -0.25) is 4.79 Å². The molecule has 3 amide bonds. The van der Waals surface area contributed by atoms with Crippen LogP contribution in [0.3, 0.4) is 0 Å². The van der Waals surface area contributed by atoms with Gasteiger partial charge in [0.15, 0.2) is 11.5 Å². The summed E-state index contributed by atoms with van der Waals surface area (Å²) in [4.78, 5) is 26.0. The van der Waals surface area contributed by atoms with Gasteiger partial charge in [0.2, 0.25) is 5.91 Å². The summed E-state index contributed by atoms with van der Waals surface area (Å²) in [5.74, 6) is 1.30. The normalized spacial score (nSPS) is 18.7. The lowest BCUT2D eigenvalue weighted by Gasteiger charge is -2.22. The summed E-state index contributed by atoms with van der Waals surface area (Å²) in [6.45, 7) is 6.55. The summed E-state index contributed by atoms with van der Waals surface area (Å²) in [7, 11) is 0. The standard InChI is InChI=1S/C19H27N3O5/c1-13(2)25-7-3-6-20-19(24)21-14-10-18(23)22(12-14)15-4-5-16-17(11-15)27-9-8-26-16/h4-5,11,13-14H,3,6-10,12H2,1-2H3,(H2,20,21,24)/t14-/m1/s1. The average Bonchev–Trinajstić information content (AvgIpc) is 3.00. The minimum atomic E-state index is -0.263. The molecule has 2 aliphatic heterocycles. The highest BCUT2D eigenvalue weighted by atomic mass is 16.6. The van der Waals surface area contributed by atoms with Crippen molar-refractivity contribution in [3.05, 3.63) is 18.2 Å². The van der Waals surface area contributed by atoms with Crippen LogP contribution < -0.4 is 25.0 Å². The Morgan fingerprint density at radius 3 is 2.85 bits per heavy atom. The lowest BCUT2D eigenvalue weighted by atomic mass is 10.2. The van der Waals surface area contributed by atoms with E-state index in [-0.39, 0.29) is 30.5 Å². The Balaban J connectivity index is 1.47. The maximum atomic E-state index is 12.4. The van der Waals surface area contributed by atoms with Crippen LogP contribution in [0.2, 0.25) is 0 Å². The molecule has 0 aliphatic carbocycles. The Morgan fingerprint density at radius 2 is 2.07 bits per heavy atom. The molecule has 1 fully saturated rings. The van der Waals surface area contributed by atoms with Gasteiger partial charge in [0.1, 0.15) is 13.2 Å². The van der Waals surface area contributed by atoms with Crippen LogP contribution in [0.4, 0.5) is 10.5 Å². The van der Waals surface area contributed by atoms with Gasteiger partial charge < -0.3 is 29.7 Å². The van der Waals surface area contributed by atoms with Gasteiger partial charge in [-0.05, 0) is 32.4 Å². The molecule has 0 bridgehead atoms. The summed E-state index contributed by atoms with van der Waals surface area (Å²) in [6, 6.07) is 4.97. The third kappa shape index (κ3) is 5.26. The number of rotatable bonds is 7. The highest BCUT2D eigenvalue weighted by Crippen LogP contribution is 2.35. The van der Waals surface area contributed by atoms with Crippen molar-refractivity contribution in [1.29, 1.82) is 0 Å². The van der Waals surface area contributed by atoms with Crippen LogP contribution in [0.15, 0.2) is 18.2 Å². The van der Waals surface area contributed by atoms with Gasteiger partial charge in [-0.25, -0.2) is 4.79 Å². The molecule has 0 aromatic heterocycles. The van der Waals surface area contributed by atoms with Crippen molar-refractivity contribution in [2.75, 3.05) is 37.8 Å². The van der Waals surface area contributed by atoms with Gasteiger partial charge >= 0.3 is 6.03 Å². The average molecular weight is 377 g/mol. The molecule has 0 radical (unpaired) electrons. The zero-order valence-corrected chi connectivity index (χ0v) is 15.8. The van der Waals surface area contributed by atoms with Crippen LogP contribution in [0.5, 0.6) is 11.5 Å². The molecule has 1 atom stereocenters. The lowest BCUT2D eigenvalue weighted by Crippen LogP contribution is -2.43. The summed E-state index contributed by atoms with van der Waals surface area (Å²) >= 11 is 0. The van der Waals surface area contributed by atoms with Crippen molar-refractivity contribution in [2.24, 2.45) is 0 Å². The van der Waals surface area contributed by atoms with Crippen molar-refractivity contribution in [3.63, 3.8) is 0 Å². The molecule has 1 saturated heterocycles. The summed E-state index contributed by atoms with van der Waals surface area (Å²) in [5, 5.41) is 5.66. The number of nitrogens with zero attached hydrogens (tertiary/aromatic N) is 1. The fourth-order valence-electron chi connectivity index (χ4n) is 3.08. The predicted molar refractivity (Wildman–Crippen MR) is 100 cm³/mol. The maximum absolute atomic E-state index is 12.4. The molecule has 8 nitrogen and oxygen atoms in total. The van der Waals surface area contributed by atoms with Crippen molar-refractivity contribution in [2.45, 2.75) is 38.8 Å². The highest BCUT2D eigenvalue weighted by molar-refractivity contribution is 5.97. The summed E-state index contributed by atoms with van der Waals surface area (Å²) in [6.07, 6.45) is 1.21. The number of hydrogen-bond acceptors (Lipinski definition) is 5. The van der Waals surface area contributed by atoms with Crippen LogP contribution in [0.1, 0.15) is 26.7 Å². The minimum absolute atomic E-state index is 0.0256. The molecule has 27 heavy (non-hydrogen) atoms. The Labute approximate surface area is 159 Å². The van der Waals surface area contributed by atoms with E-state index in [1.165, 1.54) is 0 Å². The van der Waals surface area contributed by atoms with E-state index in [4.69, 9.17) is 14.2 Å². The second-order valence-electron chi connectivity index (χ2n) is 6.91. The predicted octanol–water partition coefficient (Wildman–Crippen LogP) is 1.68. The van der Waals surface area contributed by atoms with Gasteiger partial charge in [-0.15, -0.1) is 0 Å². The fourth-order valence-corrected chi connectivity index (χ4v) is 3.08. The van der Waals surface area contributed by atoms with E-state index in [1.54, 1.807) is 4.90 Å². The smallest absolute Gasteiger partial charge is 0.315 e. The second-order valence-corrected chi connectivity index (χ2v) is 6.91. The number of hydrogen-bond donors (Lipinski definition) is 2. The number of nitrogens with one attached hydrogen (secondary N) is 2. The molecule has 0 unspecified atom stereocenters. The van der Waals surface area contributed by atoms with E-state index in [0.29, 0.717) is 44.4 Å². The molecule has 2 aliphatic rings. The second kappa shape index (κ2) is 8.94. The molecular formula is C19H27N3O5. The van der Waals surface area contributed by atoms with E-state index in [9.17, 15) is 9.59 Å². The molecular weight excluding hydrogens is 350 g/mol. The first kappa shape index (κ1) is 19.3. The van der Waals surface area contributed by atoms with Crippen LogP contribution in [0, 0.1) is 0 Å². The Morgan fingerprint density at radius 1 is 1.30 bits per heavy atom. The Kier molecular flexibility index (Phi) is 6.39. The number of carbonyl (C=O) groups excluding carboxylic acids is 2. The first-order chi connectivity index (χ1) is 13.0. The number of benzene rings is 1. The van der Waals surface area contributed by atoms with E-state index in [0.717, 1.165) is 12.1 Å². The Hall–Kier alpha value is -2.48. The number of urea groups is 1. The number of anilines is 1. The molecule has 3 rings (SSSR count). The lowest BCUT2D eigenvalue weighted by molar-refractivity contribution is -0.117. The highest BCUT2D eigenvalue weighted by Gasteiger charge is 2.32. The quantitative estimate of drug-likeness (QED) is 0.706. The molecule has 2 heterocycles. The zero-order chi connectivity index (χ0) is 19.2. The van der Waals surface area contributed by atoms with Gasteiger partial charge in [-0.2, -0.15) is 0 Å². The molecule has 1 aromatic rings. The van der Waals surface area contributed by atoms with Crippen molar-refractivity contribution in [1.82, 2.24) is 10.6 Å². The fraction of sp³-hybridized carbons (Fsp3) is 0.579. The number of amides is 3. The maximum Gasteiger partial charge on any atom is 0.315 e. The van der Waals surface area contributed by atoms with Crippen molar-refractivity contribution >= 4 is 17.6 Å². The molecule has 0 saturated carbocycles. The Bertz CT molecular complexity index is 679. The largest absolute Gasteiger partial charge is 0.486 e.